The summed E-state index contributed by atoms with van der Waals surface area (Å²) in [5.74, 6) is -0.648. The summed E-state index contributed by atoms with van der Waals surface area (Å²) in [5.41, 5.74) is 1.90. The fourth-order valence-corrected chi connectivity index (χ4v) is 4.42. The molecule has 4 rings (SSSR count). The molecule has 220 valence electrons. The second-order valence-electron chi connectivity index (χ2n) is 10.8. The topological polar surface area (TPSA) is 117 Å². The second kappa shape index (κ2) is 13.2. The summed E-state index contributed by atoms with van der Waals surface area (Å²) < 4.78 is 10.3. The van der Waals surface area contributed by atoms with Crippen molar-refractivity contribution >= 4 is 46.4 Å². The predicted molar refractivity (Wildman–Crippen MR) is 161 cm³/mol. The Morgan fingerprint density at radius 3 is 2.31 bits per heavy atom. The number of amides is 3. The van der Waals surface area contributed by atoms with Crippen molar-refractivity contribution in [2.24, 2.45) is 5.41 Å². The number of ketones is 1. The van der Waals surface area contributed by atoms with E-state index in [0.717, 1.165) is 11.4 Å². The zero-order chi connectivity index (χ0) is 30.3. The lowest BCUT2D eigenvalue weighted by Gasteiger charge is -2.28. The maximum Gasteiger partial charge on any atom is 0.344 e. The largest absolute Gasteiger partial charge is 0.482 e. The first-order valence-electron chi connectivity index (χ1n) is 13.8. The van der Waals surface area contributed by atoms with E-state index in [1.165, 1.54) is 4.90 Å². The molecule has 42 heavy (non-hydrogen) atoms. The Bertz CT molecular complexity index is 1440. The molecule has 0 radical (unpaired) electrons. The van der Waals surface area contributed by atoms with Gasteiger partial charge >= 0.3 is 12.0 Å². The lowest BCUT2D eigenvalue weighted by atomic mass is 9.90. The SMILES string of the molecule is CCOC(=O)COc1cccc(NC(=O)NC2CN(c3ccccc3)c3ccccc3N(CC(=O)C(C)(C)C)C2=O)c1. The third-order valence-corrected chi connectivity index (χ3v) is 6.66. The fraction of sp³-hybridized carbons (Fsp3) is 0.312. The van der Waals surface area contributed by atoms with Gasteiger partial charge in [0.05, 0.1) is 31.1 Å². The molecule has 0 saturated carbocycles. The molecular formula is C32H36N4O6. The number of para-hydroxylation sites is 3. The Morgan fingerprint density at radius 1 is 0.929 bits per heavy atom. The van der Waals surface area contributed by atoms with Gasteiger partial charge in [-0.15, -0.1) is 0 Å². The molecule has 3 aromatic carbocycles. The van der Waals surface area contributed by atoms with Gasteiger partial charge in [-0.05, 0) is 43.3 Å². The summed E-state index contributed by atoms with van der Waals surface area (Å²) in [4.78, 5) is 55.4. The van der Waals surface area contributed by atoms with Gasteiger partial charge in [-0.2, -0.15) is 0 Å². The van der Waals surface area contributed by atoms with Gasteiger partial charge in [-0.3, -0.25) is 9.59 Å². The summed E-state index contributed by atoms with van der Waals surface area (Å²) in [6.45, 7) is 7.13. The number of benzene rings is 3. The fourth-order valence-electron chi connectivity index (χ4n) is 4.42. The zero-order valence-corrected chi connectivity index (χ0v) is 24.3. The molecular weight excluding hydrogens is 536 g/mol. The van der Waals surface area contributed by atoms with Gasteiger partial charge in [0.15, 0.2) is 12.4 Å². The maximum absolute atomic E-state index is 14.0. The van der Waals surface area contributed by atoms with Crippen LogP contribution >= 0.6 is 0 Å². The van der Waals surface area contributed by atoms with E-state index < -0.39 is 29.4 Å². The zero-order valence-electron chi connectivity index (χ0n) is 24.3. The Labute approximate surface area is 245 Å². The quantitative estimate of drug-likeness (QED) is 0.350. The first-order valence-corrected chi connectivity index (χ1v) is 13.8. The number of hydrogen-bond acceptors (Lipinski definition) is 7. The highest BCUT2D eigenvalue weighted by Gasteiger charge is 2.37. The van der Waals surface area contributed by atoms with Crippen molar-refractivity contribution in [3.63, 3.8) is 0 Å². The van der Waals surface area contributed by atoms with Gasteiger partial charge in [-0.1, -0.05) is 57.2 Å². The van der Waals surface area contributed by atoms with E-state index in [1.54, 1.807) is 31.2 Å². The van der Waals surface area contributed by atoms with Crippen LogP contribution in [0.2, 0.25) is 0 Å². The number of fused-ring (bicyclic) bond motifs is 1. The van der Waals surface area contributed by atoms with Gasteiger partial charge in [0.1, 0.15) is 11.8 Å². The van der Waals surface area contributed by atoms with Crippen LogP contribution in [-0.2, 0) is 19.1 Å². The Kier molecular flexibility index (Phi) is 9.46. The number of Topliss-reactive ketones (excluding diaryl/α,β-unsaturated/α-hetero) is 1. The van der Waals surface area contributed by atoms with Crippen LogP contribution in [-0.4, -0.2) is 56.0 Å². The first-order chi connectivity index (χ1) is 20.1. The summed E-state index contributed by atoms with van der Waals surface area (Å²) in [6, 6.07) is 21.9. The van der Waals surface area contributed by atoms with Crippen molar-refractivity contribution in [1.29, 1.82) is 0 Å². The highest BCUT2D eigenvalue weighted by atomic mass is 16.6. The molecule has 1 atom stereocenters. The molecule has 0 fully saturated rings. The van der Waals surface area contributed by atoms with E-state index in [9.17, 15) is 19.2 Å². The average molecular weight is 573 g/mol. The smallest absolute Gasteiger partial charge is 0.344 e. The van der Waals surface area contributed by atoms with Gasteiger partial charge in [-0.25, -0.2) is 9.59 Å². The van der Waals surface area contributed by atoms with Gasteiger partial charge in [0, 0.05) is 22.9 Å². The lowest BCUT2D eigenvalue weighted by molar-refractivity contribution is -0.145. The van der Waals surface area contributed by atoms with E-state index in [2.05, 4.69) is 10.6 Å². The Hall–Kier alpha value is -4.86. The highest BCUT2D eigenvalue weighted by Crippen LogP contribution is 2.37. The van der Waals surface area contributed by atoms with Crippen molar-refractivity contribution in [2.75, 3.05) is 41.4 Å². The normalized spacial score (nSPS) is 14.9. The van der Waals surface area contributed by atoms with E-state index in [0.29, 0.717) is 17.1 Å². The van der Waals surface area contributed by atoms with Crippen LogP contribution in [0.4, 0.5) is 27.5 Å². The van der Waals surface area contributed by atoms with Crippen molar-refractivity contribution in [3.05, 3.63) is 78.9 Å². The van der Waals surface area contributed by atoms with Crippen LogP contribution in [0.15, 0.2) is 78.9 Å². The molecule has 0 aliphatic carbocycles. The molecule has 3 aromatic rings. The summed E-state index contributed by atoms with van der Waals surface area (Å²) in [7, 11) is 0. The van der Waals surface area contributed by atoms with Gasteiger partial charge in [0.2, 0.25) is 0 Å². The third kappa shape index (κ3) is 7.45. The number of nitrogens with one attached hydrogen (secondary N) is 2. The van der Waals surface area contributed by atoms with Gasteiger partial charge < -0.3 is 29.9 Å². The van der Waals surface area contributed by atoms with Crippen LogP contribution in [0.3, 0.4) is 0 Å². The second-order valence-corrected chi connectivity index (χ2v) is 10.8. The van der Waals surface area contributed by atoms with Crippen molar-refractivity contribution in [2.45, 2.75) is 33.7 Å². The van der Waals surface area contributed by atoms with Crippen molar-refractivity contribution < 1.29 is 28.7 Å². The average Bonchev–Trinajstić information content (AvgIpc) is 3.07. The number of hydrogen-bond donors (Lipinski definition) is 2. The molecule has 3 amide bonds. The van der Waals surface area contributed by atoms with Crippen LogP contribution in [0, 0.1) is 5.41 Å². The summed E-state index contributed by atoms with van der Waals surface area (Å²) in [5, 5.41) is 5.55. The van der Waals surface area contributed by atoms with E-state index >= 15 is 0 Å². The van der Waals surface area contributed by atoms with Crippen molar-refractivity contribution in [1.82, 2.24) is 5.32 Å². The maximum atomic E-state index is 14.0. The van der Waals surface area contributed by atoms with Crippen LogP contribution in [0.25, 0.3) is 0 Å². The number of carbonyl (C=O) groups is 4. The third-order valence-electron chi connectivity index (χ3n) is 6.66. The summed E-state index contributed by atoms with van der Waals surface area (Å²) in [6.07, 6.45) is 0. The molecule has 10 heteroatoms. The monoisotopic (exact) mass is 572 g/mol. The Balaban J connectivity index is 1.59. The molecule has 0 aromatic heterocycles. The molecule has 1 aliphatic rings. The van der Waals surface area contributed by atoms with Gasteiger partial charge in [0.25, 0.3) is 5.91 Å². The van der Waals surface area contributed by atoms with Crippen LogP contribution in [0.1, 0.15) is 27.7 Å². The number of urea groups is 1. The number of nitrogens with zero attached hydrogens (tertiary/aromatic N) is 2. The first kappa shape index (κ1) is 30.1. The minimum Gasteiger partial charge on any atom is -0.482 e. The molecule has 0 saturated heterocycles. The van der Waals surface area contributed by atoms with E-state index in [1.807, 2.05) is 80.3 Å². The van der Waals surface area contributed by atoms with Crippen LogP contribution < -0.4 is 25.2 Å². The molecule has 1 heterocycles. The molecule has 1 unspecified atom stereocenters. The number of rotatable bonds is 9. The minimum absolute atomic E-state index is 0.110. The molecule has 0 bridgehead atoms. The van der Waals surface area contributed by atoms with E-state index in [-0.39, 0.29) is 32.1 Å². The molecule has 2 N–H and O–H groups in total. The summed E-state index contributed by atoms with van der Waals surface area (Å²) >= 11 is 0. The number of carbonyl (C=O) groups excluding carboxylic acids is 4. The minimum atomic E-state index is -0.992. The number of anilines is 4. The van der Waals surface area contributed by atoms with E-state index in [4.69, 9.17) is 9.47 Å². The molecule has 0 spiro atoms. The number of ether oxygens (including phenoxy) is 2. The molecule has 10 nitrogen and oxygen atoms in total. The lowest BCUT2D eigenvalue weighted by Crippen LogP contribution is -2.54. The van der Waals surface area contributed by atoms with Crippen LogP contribution in [0.5, 0.6) is 5.75 Å². The van der Waals surface area contributed by atoms with Crippen molar-refractivity contribution in [3.8, 4) is 5.75 Å². The Morgan fingerprint density at radius 2 is 1.62 bits per heavy atom. The number of esters is 1. The predicted octanol–water partition coefficient (Wildman–Crippen LogP) is 4.92. The highest BCUT2D eigenvalue weighted by molar-refractivity contribution is 6.08. The standard InChI is InChI=1S/C32H36N4O6/c1-5-41-29(38)21-42-24-15-11-12-22(18-24)33-31(40)34-25-19-35(23-13-7-6-8-14-23)26-16-9-10-17-27(26)36(30(25)39)20-28(37)32(2,3)4/h6-18,25H,5,19-21H2,1-4H3,(H2,33,34,40). The molecule has 1 aliphatic heterocycles.